The van der Waals surface area contributed by atoms with Crippen molar-refractivity contribution in [1.29, 1.82) is 0 Å². The molecule has 4 rings (SSSR count). The van der Waals surface area contributed by atoms with Gasteiger partial charge in [-0.05, 0) is 67.4 Å². The lowest BCUT2D eigenvalue weighted by Crippen LogP contribution is -2.13. The number of cyclic esters (lactones) is 1. The first-order valence-corrected chi connectivity index (χ1v) is 10.0. The van der Waals surface area contributed by atoms with Gasteiger partial charge in [-0.2, -0.15) is 0 Å². The molecule has 1 saturated carbocycles. The van der Waals surface area contributed by atoms with E-state index in [9.17, 15) is 9.18 Å². The molecule has 4 heteroatoms. The van der Waals surface area contributed by atoms with E-state index in [1.165, 1.54) is 49.8 Å². The second kappa shape index (κ2) is 8.09. The minimum atomic E-state index is -0.555. The highest BCUT2D eigenvalue weighted by molar-refractivity contribution is 6.12. The first kappa shape index (κ1) is 18.6. The molecular formula is C24H24FNO2. The van der Waals surface area contributed by atoms with Crippen LogP contribution < -0.4 is 0 Å². The highest BCUT2D eigenvalue weighted by Gasteiger charge is 2.25. The zero-order valence-corrected chi connectivity index (χ0v) is 16.0. The third kappa shape index (κ3) is 3.91. The first-order valence-electron chi connectivity index (χ1n) is 10.0. The van der Waals surface area contributed by atoms with Crippen LogP contribution in [0.1, 0.15) is 61.6 Å². The number of halogens is 1. The van der Waals surface area contributed by atoms with Gasteiger partial charge in [0.05, 0.1) is 0 Å². The molecule has 28 heavy (non-hydrogen) atoms. The van der Waals surface area contributed by atoms with Crippen LogP contribution >= 0.6 is 0 Å². The Bertz CT molecular complexity index is 922. The van der Waals surface area contributed by atoms with E-state index in [0.717, 1.165) is 11.5 Å². The minimum Gasteiger partial charge on any atom is -0.402 e. The SMILES string of the molecule is CCC1CCC(c2ccc(C3=N/C(=C/c4ccccc4F)C(=O)O3)cc2)CC1. The average Bonchev–Trinajstić information content (AvgIpc) is 3.10. The maximum atomic E-state index is 13.8. The van der Waals surface area contributed by atoms with E-state index in [1.807, 2.05) is 12.1 Å². The van der Waals surface area contributed by atoms with Gasteiger partial charge >= 0.3 is 5.97 Å². The molecule has 0 amide bonds. The highest BCUT2D eigenvalue weighted by atomic mass is 19.1. The highest BCUT2D eigenvalue weighted by Crippen LogP contribution is 2.37. The van der Waals surface area contributed by atoms with E-state index in [2.05, 4.69) is 24.0 Å². The molecule has 2 aromatic carbocycles. The number of carbonyl (C=O) groups is 1. The fraction of sp³-hybridized carbons (Fsp3) is 0.333. The van der Waals surface area contributed by atoms with Crippen LogP contribution in [0.3, 0.4) is 0 Å². The van der Waals surface area contributed by atoms with Crippen LogP contribution in [-0.2, 0) is 9.53 Å². The number of benzene rings is 2. The second-order valence-corrected chi connectivity index (χ2v) is 7.61. The third-order valence-electron chi connectivity index (χ3n) is 5.87. The number of aliphatic imine (C=N–C) groups is 1. The molecule has 1 heterocycles. The number of hydrogen-bond acceptors (Lipinski definition) is 3. The van der Waals surface area contributed by atoms with Crippen molar-refractivity contribution in [3.05, 3.63) is 76.7 Å². The Labute approximate surface area is 165 Å². The molecule has 0 N–H and O–H groups in total. The van der Waals surface area contributed by atoms with Gasteiger partial charge in [0.25, 0.3) is 0 Å². The van der Waals surface area contributed by atoms with Gasteiger partial charge < -0.3 is 4.74 Å². The fourth-order valence-corrected chi connectivity index (χ4v) is 4.07. The molecule has 3 nitrogen and oxygen atoms in total. The van der Waals surface area contributed by atoms with Gasteiger partial charge in [-0.25, -0.2) is 14.2 Å². The van der Waals surface area contributed by atoms with E-state index in [-0.39, 0.29) is 11.6 Å². The molecule has 1 aliphatic heterocycles. The predicted molar refractivity (Wildman–Crippen MR) is 108 cm³/mol. The van der Waals surface area contributed by atoms with Gasteiger partial charge in [0.1, 0.15) is 5.82 Å². The Morgan fingerprint density at radius 2 is 1.79 bits per heavy atom. The molecule has 0 radical (unpaired) electrons. The lowest BCUT2D eigenvalue weighted by atomic mass is 9.78. The van der Waals surface area contributed by atoms with Gasteiger partial charge in [0.2, 0.25) is 5.90 Å². The van der Waals surface area contributed by atoms with Crippen LogP contribution in [0.15, 0.2) is 59.2 Å². The van der Waals surface area contributed by atoms with Crippen LogP contribution in [0.4, 0.5) is 4.39 Å². The molecule has 0 bridgehead atoms. The summed E-state index contributed by atoms with van der Waals surface area (Å²) in [5.74, 6) is 0.812. The normalized spacial score (nSPS) is 23.6. The zero-order chi connectivity index (χ0) is 19.5. The molecule has 2 aliphatic rings. The number of carbonyl (C=O) groups excluding carboxylic acids is 1. The van der Waals surface area contributed by atoms with Crippen LogP contribution in [-0.4, -0.2) is 11.9 Å². The minimum absolute atomic E-state index is 0.113. The van der Waals surface area contributed by atoms with Crippen molar-refractivity contribution in [2.45, 2.75) is 44.9 Å². The third-order valence-corrected chi connectivity index (χ3v) is 5.87. The maximum Gasteiger partial charge on any atom is 0.363 e. The van der Waals surface area contributed by atoms with E-state index < -0.39 is 11.8 Å². The number of rotatable bonds is 4. The lowest BCUT2D eigenvalue weighted by molar-refractivity contribution is -0.129. The lowest BCUT2D eigenvalue weighted by Gasteiger charge is -2.28. The van der Waals surface area contributed by atoms with Crippen LogP contribution in [0.5, 0.6) is 0 Å². The second-order valence-electron chi connectivity index (χ2n) is 7.61. The summed E-state index contributed by atoms with van der Waals surface area (Å²) >= 11 is 0. The fourth-order valence-electron chi connectivity index (χ4n) is 4.07. The summed E-state index contributed by atoms with van der Waals surface area (Å²) in [7, 11) is 0. The van der Waals surface area contributed by atoms with Crippen LogP contribution in [0, 0.1) is 11.7 Å². The molecule has 144 valence electrons. The quantitative estimate of drug-likeness (QED) is 0.495. The standard InChI is InChI=1S/C24H24FNO2/c1-2-16-7-9-17(10-8-16)18-11-13-19(14-12-18)23-26-22(24(27)28-23)15-20-5-3-4-6-21(20)25/h3-6,11-17H,2,7-10H2,1H3/b22-15+. The van der Waals surface area contributed by atoms with Gasteiger partial charge in [0, 0.05) is 11.1 Å². The van der Waals surface area contributed by atoms with Crippen molar-refractivity contribution in [2.24, 2.45) is 10.9 Å². The molecule has 2 aromatic rings. The van der Waals surface area contributed by atoms with E-state index in [0.29, 0.717) is 11.5 Å². The van der Waals surface area contributed by atoms with Gasteiger partial charge in [0.15, 0.2) is 5.70 Å². The monoisotopic (exact) mass is 377 g/mol. The molecule has 1 fully saturated rings. The Morgan fingerprint density at radius 3 is 2.46 bits per heavy atom. The van der Waals surface area contributed by atoms with Crippen molar-refractivity contribution >= 4 is 17.9 Å². The smallest absolute Gasteiger partial charge is 0.363 e. The molecule has 0 atom stereocenters. The molecular weight excluding hydrogens is 353 g/mol. The Balaban J connectivity index is 1.50. The average molecular weight is 377 g/mol. The van der Waals surface area contributed by atoms with E-state index in [1.54, 1.807) is 18.2 Å². The van der Waals surface area contributed by atoms with Crippen LogP contribution in [0.25, 0.3) is 6.08 Å². The van der Waals surface area contributed by atoms with Crippen molar-refractivity contribution in [3.63, 3.8) is 0 Å². The van der Waals surface area contributed by atoms with E-state index in [4.69, 9.17) is 4.74 Å². The molecule has 1 aliphatic carbocycles. The first-order chi connectivity index (χ1) is 13.6. The summed E-state index contributed by atoms with van der Waals surface area (Å²) in [5.41, 5.74) is 2.53. The number of nitrogens with zero attached hydrogens (tertiary/aromatic N) is 1. The molecule has 0 saturated heterocycles. The Morgan fingerprint density at radius 1 is 1.07 bits per heavy atom. The zero-order valence-electron chi connectivity index (χ0n) is 16.0. The van der Waals surface area contributed by atoms with Crippen LogP contribution in [0.2, 0.25) is 0 Å². The van der Waals surface area contributed by atoms with Gasteiger partial charge in [-0.1, -0.05) is 43.7 Å². The van der Waals surface area contributed by atoms with Crippen molar-refractivity contribution in [1.82, 2.24) is 0 Å². The number of hydrogen-bond donors (Lipinski definition) is 0. The maximum absolute atomic E-state index is 13.8. The Hall–Kier alpha value is -2.75. The molecule has 0 aromatic heterocycles. The summed E-state index contributed by atoms with van der Waals surface area (Å²) in [6, 6.07) is 14.4. The molecule has 0 unspecified atom stereocenters. The van der Waals surface area contributed by atoms with Crippen molar-refractivity contribution < 1.29 is 13.9 Å². The summed E-state index contributed by atoms with van der Waals surface area (Å²) in [4.78, 5) is 16.4. The number of ether oxygens (including phenoxy) is 1. The summed E-state index contributed by atoms with van der Waals surface area (Å²) in [6.45, 7) is 2.28. The largest absolute Gasteiger partial charge is 0.402 e. The summed E-state index contributed by atoms with van der Waals surface area (Å²) in [6.07, 6.45) is 7.78. The van der Waals surface area contributed by atoms with Gasteiger partial charge in [-0.3, -0.25) is 0 Å². The van der Waals surface area contributed by atoms with E-state index >= 15 is 0 Å². The summed E-state index contributed by atoms with van der Waals surface area (Å²) in [5, 5.41) is 0. The van der Waals surface area contributed by atoms with Crippen molar-refractivity contribution in [3.8, 4) is 0 Å². The van der Waals surface area contributed by atoms with Gasteiger partial charge in [-0.15, -0.1) is 0 Å². The summed E-state index contributed by atoms with van der Waals surface area (Å²) < 4.78 is 19.1. The topological polar surface area (TPSA) is 38.7 Å². The predicted octanol–water partition coefficient (Wildman–Crippen LogP) is 5.85. The number of esters is 1. The molecule has 0 spiro atoms. The van der Waals surface area contributed by atoms with Crippen molar-refractivity contribution in [2.75, 3.05) is 0 Å². The Kier molecular flexibility index (Phi) is 5.38.